The van der Waals surface area contributed by atoms with Gasteiger partial charge in [-0.2, -0.15) is 0 Å². The predicted molar refractivity (Wildman–Crippen MR) is 89.8 cm³/mol. The lowest BCUT2D eigenvalue weighted by Gasteiger charge is -2.43. The summed E-state index contributed by atoms with van der Waals surface area (Å²) in [6.07, 6.45) is 2.14. The molecule has 118 valence electrons. The molecule has 0 aliphatic carbocycles. The topological polar surface area (TPSA) is 21.3 Å². The molecule has 2 heteroatoms. The first-order chi connectivity index (χ1) is 9.48. The van der Waals surface area contributed by atoms with Crippen molar-refractivity contribution in [1.29, 1.82) is 0 Å². The van der Waals surface area contributed by atoms with Crippen molar-refractivity contribution in [2.24, 2.45) is 5.41 Å². The standard InChI is InChI=1S/C19H31NO/c1-17(2,3)13-18(4,5)20-15-12-19(6,7)21-16-11-9-8-10-14(15)16/h8-11,15,20H,12-13H2,1-7H3. The summed E-state index contributed by atoms with van der Waals surface area (Å²) in [5, 5.41) is 3.88. The molecule has 0 spiro atoms. The van der Waals surface area contributed by atoms with Gasteiger partial charge in [0.2, 0.25) is 0 Å². The molecule has 0 aromatic heterocycles. The van der Waals surface area contributed by atoms with Crippen molar-refractivity contribution in [1.82, 2.24) is 5.32 Å². The zero-order valence-electron chi connectivity index (χ0n) is 14.7. The van der Waals surface area contributed by atoms with Gasteiger partial charge >= 0.3 is 0 Å². The third-order valence-corrected chi connectivity index (χ3v) is 3.91. The van der Waals surface area contributed by atoms with Crippen LogP contribution in [0, 0.1) is 5.41 Å². The van der Waals surface area contributed by atoms with Crippen molar-refractivity contribution >= 4 is 0 Å². The highest BCUT2D eigenvalue weighted by atomic mass is 16.5. The van der Waals surface area contributed by atoms with Crippen LogP contribution in [0.1, 0.15) is 72.9 Å². The molecule has 1 heterocycles. The molecule has 0 fully saturated rings. The number of para-hydroxylation sites is 1. The van der Waals surface area contributed by atoms with Crippen molar-refractivity contribution in [2.45, 2.75) is 78.5 Å². The number of nitrogens with one attached hydrogen (secondary N) is 1. The number of rotatable bonds is 3. The van der Waals surface area contributed by atoms with E-state index in [0.29, 0.717) is 11.5 Å². The lowest BCUT2D eigenvalue weighted by atomic mass is 9.80. The number of hydrogen-bond acceptors (Lipinski definition) is 2. The van der Waals surface area contributed by atoms with Gasteiger partial charge in [-0.15, -0.1) is 0 Å². The van der Waals surface area contributed by atoms with Gasteiger partial charge in [0.1, 0.15) is 11.4 Å². The Morgan fingerprint density at radius 1 is 1.14 bits per heavy atom. The first kappa shape index (κ1) is 16.4. The number of hydrogen-bond donors (Lipinski definition) is 1. The second kappa shape index (κ2) is 5.31. The van der Waals surface area contributed by atoms with Crippen molar-refractivity contribution < 1.29 is 4.74 Å². The molecule has 2 rings (SSSR count). The monoisotopic (exact) mass is 289 g/mol. The molecule has 0 radical (unpaired) electrons. The summed E-state index contributed by atoms with van der Waals surface area (Å²) in [6, 6.07) is 8.78. The van der Waals surface area contributed by atoms with Crippen molar-refractivity contribution in [3.8, 4) is 5.75 Å². The van der Waals surface area contributed by atoms with E-state index in [4.69, 9.17) is 4.74 Å². The van der Waals surface area contributed by atoms with Crippen LogP contribution in [0.3, 0.4) is 0 Å². The summed E-state index contributed by atoms with van der Waals surface area (Å²) < 4.78 is 6.12. The van der Waals surface area contributed by atoms with E-state index in [9.17, 15) is 0 Å². The lowest BCUT2D eigenvalue weighted by Crippen LogP contribution is -2.48. The molecule has 1 N–H and O–H groups in total. The van der Waals surface area contributed by atoms with Crippen LogP contribution < -0.4 is 10.1 Å². The first-order valence-corrected chi connectivity index (χ1v) is 8.03. The quantitative estimate of drug-likeness (QED) is 0.836. The van der Waals surface area contributed by atoms with E-state index in [1.807, 2.05) is 0 Å². The van der Waals surface area contributed by atoms with Crippen molar-refractivity contribution in [3.63, 3.8) is 0 Å². The molecule has 1 atom stereocenters. The minimum atomic E-state index is -0.121. The van der Waals surface area contributed by atoms with E-state index >= 15 is 0 Å². The van der Waals surface area contributed by atoms with Crippen LogP contribution in [0.5, 0.6) is 5.75 Å². The Kier molecular flexibility index (Phi) is 4.14. The smallest absolute Gasteiger partial charge is 0.124 e. The van der Waals surface area contributed by atoms with Gasteiger partial charge in [-0.3, -0.25) is 0 Å². The first-order valence-electron chi connectivity index (χ1n) is 8.03. The highest BCUT2D eigenvalue weighted by Gasteiger charge is 2.36. The van der Waals surface area contributed by atoms with E-state index in [1.165, 1.54) is 5.56 Å². The van der Waals surface area contributed by atoms with Crippen molar-refractivity contribution in [3.05, 3.63) is 29.8 Å². The fourth-order valence-electron chi connectivity index (χ4n) is 3.78. The Labute approximate surface area is 130 Å². The molecular formula is C19H31NO. The Hall–Kier alpha value is -1.02. The average molecular weight is 289 g/mol. The Morgan fingerprint density at radius 2 is 1.76 bits per heavy atom. The van der Waals surface area contributed by atoms with Gasteiger partial charge in [0.15, 0.2) is 0 Å². The minimum Gasteiger partial charge on any atom is -0.487 e. The highest BCUT2D eigenvalue weighted by molar-refractivity contribution is 5.38. The molecule has 0 saturated heterocycles. The van der Waals surface area contributed by atoms with E-state index in [1.54, 1.807) is 0 Å². The maximum absolute atomic E-state index is 6.12. The van der Waals surface area contributed by atoms with Gasteiger partial charge in [-0.25, -0.2) is 0 Å². The molecule has 1 aromatic rings. The molecule has 1 aliphatic rings. The number of ether oxygens (including phenoxy) is 1. The van der Waals surface area contributed by atoms with Gasteiger partial charge in [0.05, 0.1) is 0 Å². The number of benzene rings is 1. The van der Waals surface area contributed by atoms with Crippen LogP contribution in [-0.4, -0.2) is 11.1 Å². The maximum Gasteiger partial charge on any atom is 0.124 e. The fraction of sp³-hybridized carbons (Fsp3) is 0.684. The van der Waals surface area contributed by atoms with Crippen LogP contribution in [0.25, 0.3) is 0 Å². The summed E-state index contributed by atoms with van der Waals surface area (Å²) in [7, 11) is 0. The summed E-state index contributed by atoms with van der Waals surface area (Å²) in [5.74, 6) is 1.03. The van der Waals surface area contributed by atoms with E-state index < -0.39 is 0 Å². The predicted octanol–water partition coefficient (Wildman–Crippen LogP) is 5.09. The van der Waals surface area contributed by atoms with Crippen LogP contribution >= 0.6 is 0 Å². The molecular weight excluding hydrogens is 258 g/mol. The molecule has 1 unspecified atom stereocenters. The summed E-state index contributed by atoms with van der Waals surface area (Å²) in [6.45, 7) is 15.9. The summed E-state index contributed by atoms with van der Waals surface area (Å²) >= 11 is 0. The zero-order valence-corrected chi connectivity index (χ0v) is 14.7. The van der Waals surface area contributed by atoms with Gasteiger partial charge in [-0.05, 0) is 45.6 Å². The second-order valence-electron chi connectivity index (χ2n) is 8.92. The van der Waals surface area contributed by atoms with E-state index in [2.05, 4.69) is 78.0 Å². The van der Waals surface area contributed by atoms with E-state index in [-0.39, 0.29) is 11.1 Å². The Morgan fingerprint density at radius 3 is 2.38 bits per heavy atom. The second-order valence-corrected chi connectivity index (χ2v) is 8.92. The average Bonchev–Trinajstić information content (AvgIpc) is 2.23. The molecule has 0 saturated carbocycles. The molecule has 1 aliphatic heterocycles. The van der Waals surface area contributed by atoms with Gasteiger partial charge in [0.25, 0.3) is 0 Å². The minimum absolute atomic E-state index is 0.101. The van der Waals surface area contributed by atoms with Gasteiger partial charge in [0, 0.05) is 23.6 Å². The maximum atomic E-state index is 6.12. The molecule has 2 nitrogen and oxygen atoms in total. The van der Waals surface area contributed by atoms with Crippen LogP contribution in [0.2, 0.25) is 0 Å². The summed E-state index contributed by atoms with van der Waals surface area (Å²) in [4.78, 5) is 0. The van der Waals surface area contributed by atoms with E-state index in [0.717, 1.165) is 18.6 Å². The fourth-order valence-corrected chi connectivity index (χ4v) is 3.78. The molecule has 0 amide bonds. The number of fused-ring (bicyclic) bond motifs is 1. The normalized spacial score (nSPS) is 21.6. The van der Waals surface area contributed by atoms with Gasteiger partial charge in [-0.1, -0.05) is 39.0 Å². The molecule has 1 aromatic carbocycles. The third-order valence-electron chi connectivity index (χ3n) is 3.91. The van der Waals surface area contributed by atoms with Crippen LogP contribution in [0.4, 0.5) is 0 Å². The lowest BCUT2D eigenvalue weighted by molar-refractivity contribution is 0.0571. The van der Waals surface area contributed by atoms with Crippen molar-refractivity contribution in [2.75, 3.05) is 0 Å². The van der Waals surface area contributed by atoms with Gasteiger partial charge < -0.3 is 10.1 Å². The third kappa shape index (κ3) is 4.47. The molecule has 21 heavy (non-hydrogen) atoms. The van der Waals surface area contributed by atoms with Crippen LogP contribution in [0.15, 0.2) is 24.3 Å². The zero-order chi connectivity index (χ0) is 15.9. The Balaban J connectivity index is 2.23. The summed E-state index contributed by atoms with van der Waals surface area (Å²) in [5.41, 5.74) is 1.59. The molecule has 0 bridgehead atoms. The Bertz CT molecular complexity index is 497. The highest BCUT2D eigenvalue weighted by Crippen LogP contribution is 2.41. The largest absolute Gasteiger partial charge is 0.487 e. The van der Waals surface area contributed by atoms with Crippen LogP contribution in [-0.2, 0) is 0 Å². The SMILES string of the molecule is CC(C)(C)CC(C)(C)NC1CC(C)(C)Oc2ccccc21.